The van der Waals surface area contributed by atoms with Crippen LogP contribution in [0.2, 0.25) is 0 Å². The normalized spacial score (nSPS) is 10.5. The summed E-state index contributed by atoms with van der Waals surface area (Å²) in [5.74, 6) is -0.451. The number of nitrogens with zero attached hydrogens (tertiary/aromatic N) is 2. The third kappa shape index (κ3) is 2.91. The van der Waals surface area contributed by atoms with Gasteiger partial charge < -0.3 is 5.73 Å². The lowest BCUT2D eigenvalue weighted by Gasteiger charge is -2.03. The molecule has 1 heterocycles. The number of nitriles is 1. The van der Waals surface area contributed by atoms with Gasteiger partial charge in [0, 0.05) is 0 Å². The maximum absolute atomic E-state index is 11.1. The number of pyridine rings is 1. The zero-order valence-electron chi connectivity index (χ0n) is 7.14. The van der Waals surface area contributed by atoms with Gasteiger partial charge in [-0.15, -0.1) is 0 Å². The Labute approximate surface area is 81.4 Å². The van der Waals surface area contributed by atoms with E-state index in [9.17, 15) is 8.42 Å². The van der Waals surface area contributed by atoms with Crippen LogP contribution in [0.4, 0.5) is 11.5 Å². The number of nitrogen functional groups attached to an aromatic ring is 1. The lowest BCUT2D eigenvalue weighted by atomic mass is 10.4. The van der Waals surface area contributed by atoms with E-state index in [1.54, 1.807) is 0 Å². The molecular formula is C7H8N4O2S. The van der Waals surface area contributed by atoms with Crippen LogP contribution in [0.15, 0.2) is 18.3 Å². The van der Waals surface area contributed by atoms with E-state index < -0.39 is 15.8 Å². The van der Waals surface area contributed by atoms with Crippen molar-refractivity contribution in [2.45, 2.75) is 0 Å². The molecule has 74 valence electrons. The minimum atomic E-state index is -3.61. The molecule has 1 aromatic rings. The molecule has 0 aliphatic rings. The van der Waals surface area contributed by atoms with Crippen LogP contribution in [0.25, 0.3) is 0 Å². The standard InChI is InChI=1S/C7H8N4O2S/c8-3-4-14(12,13)11-7-2-1-6(9)5-10-7/h1-2,5H,4,9H2,(H,10,11). The van der Waals surface area contributed by atoms with Gasteiger partial charge in [-0.05, 0) is 12.1 Å². The Morgan fingerprint density at radius 3 is 2.79 bits per heavy atom. The van der Waals surface area contributed by atoms with Gasteiger partial charge >= 0.3 is 0 Å². The first-order valence-electron chi connectivity index (χ1n) is 3.62. The molecule has 0 atom stereocenters. The summed E-state index contributed by atoms with van der Waals surface area (Å²) in [6.07, 6.45) is 1.32. The summed E-state index contributed by atoms with van der Waals surface area (Å²) in [4.78, 5) is 3.72. The third-order valence-corrected chi connectivity index (χ3v) is 2.33. The molecule has 1 rings (SSSR count). The van der Waals surface area contributed by atoms with E-state index in [1.165, 1.54) is 24.4 Å². The van der Waals surface area contributed by atoms with Crippen molar-refractivity contribution in [3.8, 4) is 6.07 Å². The summed E-state index contributed by atoms with van der Waals surface area (Å²) in [6.45, 7) is 0. The summed E-state index contributed by atoms with van der Waals surface area (Å²) < 4.78 is 24.3. The highest BCUT2D eigenvalue weighted by Gasteiger charge is 2.09. The Morgan fingerprint density at radius 2 is 2.29 bits per heavy atom. The van der Waals surface area contributed by atoms with Crippen molar-refractivity contribution in [3.05, 3.63) is 18.3 Å². The van der Waals surface area contributed by atoms with Crippen LogP contribution < -0.4 is 10.5 Å². The first kappa shape index (κ1) is 10.3. The second kappa shape index (κ2) is 3.93. The van der Waals surface area contributed by atoms with Gasteiger partial charge in [0.2, 0.25) is 10.0 Å². The SMILES string of the molecule is N#CCS(=O)(=O)Nc1ccc(N)cn1. The van der Waals surface area contributed by atoms with Crippen molar-refractivity contribution in [2.75, 3.05) is 16.2 Å². The fraction of sp³-hybridized carbons (Fsp3) is 0.143. The average molecular weight is 212 g/mol. The zero-order chi connectivity index (χ0) is 10.6. The zero-order valence-corrected chi connectivity index (χ0v) is 7.95. The van der Waals surface area contributed by atoms with Gasteiger partial charge in [-0.2, -0.15) is 5.26 Å². The largest absolute Gasteiger partial charge is 0.397 e. The predicted molar refractivity (Wildman–Crippen MR) is 51.7 cm³/mol. The highest BCUT2D eigenvalue weighted by atomic mass is 32.2. The number of nitrogens with two attached hydrogens (primary N) is 1. The molecule has 0 bridgehead atoms. The van der Waals surface area contributed by atoms with E-state index in [0.29, 0.717) is 5.69 Å². The van der Waals surface area contributed by atoms with Gasteiger partial charge in [0.25, 0.3) is 0 Å². The van der Waals surface area contributed by atoms with Crippen molar-refractivity contribution in [1.29, 1.82) is 5.26 Å². The molecule has 0 unspecified atom stereocenters. The number of rotatable bonds is 3. The Hall–Kier alpha value is -1.81. The molecule has 1 aromatic heterocycles. The molecule has 0 amide bonds. The Morgan fingerprint density at radius 1 is 1.57 bits per heavy atom. The molecular weight excluding hydrogens is 204 g/mol. The van der Waals surface area contributed by atoms with Crippen molar-refractivity contribution in [3.63, 3.8) is 0 Å². The van der Waals surface area contributed by atoms with Gasteiger partial charge in [-0.1, -0.05) is 0 Å². The lowest BCUT2D eigenvalue weighted by molar-refractivity contribution is 0.604. The molecule has 0 aromatic carbocycles. The predicted octanol–water partition coefficient (Wildman–Crippen LogP) is -0.0709. The number of aromatic nitrogens is 1. The molecule has 0 radical (unpaired) electrons. The monoisotopic (exact) mass is 212 g/mol. The highest BCUT2D eigenvalue weighted by Crippen LogP contribution is 2.07. The molecule has 0 spiro atoms. The number of hydrogen-bond donors (Lipinski definition) is 2. The Kier molecular flexibility index (Phi) is 2.89. The van der Waals surface area contributed by atoms with E-state index in [4.69, 9.17) is 11.0 Å². The van der Waals surface area contributed by atoms with Gasteiger partial charge in [0.1, 0.15) is 5.82 Å². The molecule has 7 heteroatoms. The van der Waals surface area contributed by atoms with Crippen LogP contribution >= 0.6 is 0 Å². The van der Waals surface area contributed by atoms with Crippen molar-refractivity contribution >= 4 is 21.5 Å². The van der Waals surface area contributed by atoms with Crippen LogP contribution in [0.5, 0.6) is 0 Å². The topological polar surface area (TPSA) is 109 Å². The van der Waals surface area contributed by atoms with Crippen LogP contribution in [-0.4, -0.2) is 19.2 Å². The summed E-state index contributed by atoms with van der Waals surface area (Å²) in [7, 11) is -3.61. The van der Waals surface area contributed by atoms with Crippen molar-refractivity contribution in [2.24, 2.45) is 0 Å². The maximum Gasteiger partial charge on any atom is 0.247 e. The molecule has 0 aliphatic carbocycles. The third-order valence-electron chi connectivity index (χ3n) is 1.30. The average Bonchev–Trinajstić information content (AvgIpc) is 2.08. The summed E-state index contributed by atoms with van der Waals surface area (Å²) in [6, 6.07) is 4.47. The Balaban J connectivity index is 2.80. The summed E-state index contributed by atoms with van der Waals surface area (Å²) in [5, 5.41) is 8.21. The maximum atomic E-state index is 11.1. The van der Waals surface area contributed by atoms with Crippen molar-refractivity contribution in [1.82, 2.24) is 4.98 Å². The number of nitrogens with one attached hydrogen (secondary N) is 1. The van der Waals surface area contributed by atoms with Gasteiger partial charge in [0.05, 0.1) is 18.0 Å². The second-order valence-corrected chi connectivity index (χ2v) is 4.22. The fourth-order valence-electron chi connectivity index (χ4n) is 0.746. The molecule has 0 saturated heterocycles. The van der Waals surface area contributed by atoms with Crippen LogP contribution in [-0.2, 0) is 10.0 Å². The summed E-state index contributed by atoms with van der Waals surface area (Å²) >= 11 is 0. The molecule has 0 fully saturated rings. The quantitative estimate of drug-likeness (QED) is 0.728. The van der Waals surface area contributed by atoms with E-state index >= 15 is 0 Å². The molecule has 0 aliphatic heterocycles. The van der Waals surface area contributed by atoms with Gasteiger partial charge in [-0.3, -0.25) is 4.72 Å². The lowest BCUT2D eigenvalue weighted by Crippen LogP contribution is -2.16. The van der Waals surface area contributed by atoms with E-state index in [0.717, 1.165) is 0 Å². The minimum absolute atomic E-state index is 0.148. The highest BCUT2D eigenvalue weighted by molar-refractivity contribution is 7.92. The minimum Gasteiger partial charge on any atom is -0.397 e. The van der Waals surface area contributed by atoms with E-state index in [1.807, 2.05) is 0 Å². The van der Waals surface area contributed by atoms with Crippen LogP contribution in [0.1, 0.15) is 0 Å². The van der Waals surface area contributed by atoms with Gasteiger partial charge in [-0.25, -0.2) is 13.4 Å². The molecule has 6 nitrogen and oxygen atoms in total. The Bertz CT molecular complexity index is 446. The number of sulfonamides is 1. The second-order valence-electron chi connectivity index (χ2n) is 2.50. The van der Waals surface area contributed by atoms with Crippen LogP contribution in [0, 0.1) is 11.3 Å². The molecule has 0 saturated carbocycles. The van der Waals surface area contributed by atoms with Crippen LogP contribution in [0.3, 0.4) is 0 Å². The van der Waals surface area contributed by atoms with E-state index in [2.05, 4.69) is 9.71 Å². The smallest absolute Gasteiger partial charge is 0.247 e. The first-order valence-corrected chi connectivity index (χ1v) is 5.28. The fourth-order valence-corrected chi connectivity index (χ4v) is 1.43. The summed E-state index contributed by atoms with van der Waals surface area (Å²) in [5.41, 5.74) is 5.80. The molecule has 3 N–H and O–H groups in total. The number of anilines is 2. The molecule has 14 heavy (non-hydrogen) atoms. The first-order chi connectivity index (χ1) is 6.53. The van der Waals surface area contributed by atoms with Crippen molar-refractivity contribution < 1.29 is 8.42 Å². The van der Waals surface area contributed by atoms with E-state index in [-0.39, 0.29) is 5.82 Å². The van der Waals surface area contributed by atoms with Gasteiger partial charge in [0.15, 0.2) is 5.75 Å². The number of hydrogen-bond acceptors (Lipinski definition) is 5.